The van der Waals surface area contributed by atoms with Crippen LogP contribution in [0.5, 0.6) is 5.88 Å². The van der Waals surface area contributed by atoms with Gasteiger partial charge in [0.25, 0.3) is 5.69 Å². The molecule has 10 heteroatoms. The highest BCUT2D eigenvalue weighted by Gasteiger charge is 2.24. The summed E-state index contributed by atoms with van der Waals surface area (Å²) in [5, 5.41) is 14.7. The van der Waals surface area contributed by atoms with E-state index in [0.29, 0.717) is 0 Å². The molecule has 0 unspecified atom stereocenters. The highest BCUT2D eigenvalue weighted by Crippen LogP contribution is 2.41. The summed E-state index contributed by atoms with van der Waals surface area (Å²) in [6.07, 6.45) is 0. The molecular weight excluding hydrogens is 375 g/mol. The van der Waals surface area contributed by atoms with Crippen LogP contribution in [0.25, 0.3) is 11.3 Å². The van der Waals surface area contributed by atoms with Crippen molar-refractivity contribution in [3.8, 4) is 17.1 Å². The smallest absolute Gasteiger partial charge is 0.388 e. The second-order valence-corrected chi connectivity index (χ2v) is 5.04. The van der Waals surface area contributed by atoms with Crippen molar-refractivity contribution < 1.29 is 18.4 Å². The molecule has 0 aliphatic rings. The first-order chi connectivity index (χ1) is 9.82. The average molecular weight is 383 g/mol. The first kappa shape index (κ1) is 15.6. The molecule has 0 saturated carbocycles. The van der Waals surface area contributed by atoms with Crippen LogP contribution in [0, 0.1) is 10.1 Å². The monoisotopic (exact) mass is 381 g/mol. The number of nitrogens with zero attached hydrogens (tertiary/aromatic N) is 3. The molecule has 1 heterocycles. The van der Waals surface area contributed by atoms with Crippen molar-refractivity contribution in [2.24, 2.45) is 7.05 Å². The van der Waals surface area contributed by atoms with Gasteiger partial charge in [-0.05, 0) is 15.9 Å². The maximum absolute atomic E-state index is 12.3. The Labute approximate surface area is 130 Å². The lowest BCUT2D eigenvalue weighted by Gasteiger charge is -2.04. The zero-order valence-electron chi connectivity index (χ0n) is 10.4. The SMILES string of the molecule is Cn1nc(-c2cccc([N+](=O)[O-])c2Cl)c(Br)c1OC(F)F. The third kappa shape index (κ3) is 2.98. The summed E-state index contributed by atoms with van der Waals surface area (Å²) in [5.41, 5.74) is 0.0994. The maximum atomic E-state index is 12.3. The van der Waals surface area contributed by atoms with Crippen LogP contribution in [0.2, 0.25) is 5.02 Å². The molecule has 6 nitrogen and oxygen atoms in total. The van der Waals surface area contributed by atoms with Gasteiger partial charge in [-0.1, -0.05) is 23.7 Å². The molecule has 0 aliphatic heterocycles. The van der Waals surface area contributed by atoms with Gasteiger partial charge in [0.2, 0.25) is 5.88 Å². The number of hydrogen-bond donors (Lipinski definition) is 0. The molecule has 0 bridgehead atoms. The molecule has 0 aliphatic carbocycles. The van der Waals surface area contributed by atoms with E-state index in [-0.39, 0.29) is 32.3 Å². The number of nitro groups is 1. The maximum Gasteiger partial charge on any atom is 0.388 e. The van der Waals surface area contributed by atoms with Crippen molar-refractivity contribution in [3.05, 3.63) is 37.8 Å². The number of hydrogen-bond acceptors (Lipinski definition) is 4. The molecular formula is C11H7BrClF2N3O3. The van der Waals surface area contributed by atoms with E-state index in [0.717, 1.165) is 4.68 Å². The second-order valence-electron chi connectivity index (χ2n) is 3.87. The van der Waals surface area contributed by atoms with Crippen LogP contribution >= 0.6 is 27.5 Å². The predicted molar refractivity (Wildman–Crippen MR) is 74.6 cm³/mol. The van der Waals surface area contributed by atoms with E-state index in [4.69, 9.17) is 11.6 Å². The van der Waals surface area contributed by atoms with E-state index in [1.807, 2.05) is 0 Å². The van der Waals surface area contributed by atoms with Crippen LogP contribution < -0.4 is 4.74 Å². The van der Waals surface area contributed by atoms with E-state index in [1.54, 1.807) is 0 Å². The summed E-state index contributed by atoms with van der Waals surface area (Å²) >= 11 is 9.07. The van der Waals surface area contributed by atoms with Gasteiger partial charge in [0.15, 0.2) is 0 Å². The third-order valence-corrected chi connectivity index (χ3v) is 3.68. The summed E-state index contributed by atoms with van der Waals surface area (Å²) in [6.45, 7) is -3.02. The van der Waals surface area contributed by atoms with Gasteiger partial charge in [0.05, 0.1) is 4.92 Å². The summed E-state index contributed by atoms with van der Waals surface area (Å²) in [6, 6.07) is 4.15. The Kier molecular flexibility index (Phi) is 4.43. The van der Waals surface area contributed by atoms with E-state index in [2.05, 4.69) is 25.8 Å². The summed E-state index contributed by atoms with van der Waals surface area (Å²) in [5.74, 6) is -0.206. The van der Waals surface area contributed by atoms with Crippen molar-refractivity contribution in [2.45, 2.75) is 6.61 Å². The topological polar surface area (TPSA) is 70.2 Å². The fourth-order valence-corrected chi connectivity index (χ4v) is 2.64. The van der Waals surface area contributed by atoms with Crippen LogP contribution in [-0.4, -0.2) is 21.3 Å². The number of rotatable bonds is 4. The summed E-state index contributed by atoms with van der Waals surface area (Å²) in [7, 11) is 1.40. The number of ether oxygens (including phenoxy) is 1. The van der Waals surface area contributed by atoms with E-state index >= 15 is 0 Å². The molecule has 1 aromatic carbocycles. The van der Waals surface area contributed by atoms with Crippen LogP contribution in [0.1, 0.15) is 0 Å². The highest BCUT2D eigenvalue weighted by atomic mass is 79.9. The number of halogens is 4. The molecule has 1 aromatic heterocycles. The number of aromatic nitrogens is 2. The largest absolute Gasteiger partial charge is 0.416 e. The molecule has 21 heavy (non-hydrogen) atoms. The second kappa shape index (κ2) is 5.94. The molecule has 0 N–H and O–H groups in total. The first-order valence-corrected chi connectivity index (χ1v) is 6.60. The minimum absolute atomic E-state index is 0.132. The highest BCUT2D eigenvalue weighted by molar-refractivity contribution is 9.10. The van der Waals surface area contributed by atoms with Gasteiger partial charge in [-0.2, -0.15) is 13.9 Å². The summed E-state index contributed by atoms with van der Waals surface area (Å²) in [4.78, 5) is 10.2. The molecule has 0 amide bonds. The lowest BCUT2D eigenvalue weighted by molar-refractivity contribution is -0.384. The van der Waals surface area contributed by atoms with E-state index < -0.39 is 11.5 Å². The molecule has 0 atom stereocenters. The predicted octanol–water partition coefficient (Wildman–Crippen LogP) is 4.01. The summed E-state index contributed by atoms with van der Waals surface area (Å²) < 4.78 is 30.2. The molecule has 2 aromatic rings. The van der Waals surface area contributed by atoms with Gasteiger partial charge in [0, 0.05) is 18.7 Å². The number of benzene rings is 1. The Hall–Kier alpha value is -1.74. The molecule has 0 fully saturated rings. The Bertz CT molecular complexity index is 708. The standard InChI is InChI=1S/C11H7BrClF2N3O3/c1-17-10(21-11(14)15)7(12)9(16-17)5-3-2-4-6(8(5)13)18(19)20/h2-4,11H,1H3. The van der Waals surface area contributed by atoms with Crippen molar-refractivity contribution in [3.63, 3.8) is 0 Å². The van der Waals surface area contributed by atoms with Gasteiger partial charge < -0.3 is 4.74 Å². The van der Waals surface area contributed by atoms with Gasteiger partial charge in [-0.3, -0.25) is 10.1 Å². The van der Waals surface area contributed by atoms with Crippen LogP contribution in [-0.2, 0) is 7.05 Å². The van der Waals surface area contributed by atoms with Crippen molar-refractivity contribution in [2.75, 3.05) is 0 Å². The van der Waals surface area contributed by atoms with Gasteiger partial charge in [-0.25, -0.2) is 4.68 Å². The van der Waals surface area contributed by atoms with Crippen molar-refractivity contribution in [1.29, 1.82) is 0 Å². The first-order valence-electron chi connectivity index (χ1n) is 5.43. The number of aryl methyl sites for hydroxylation is 1. The fraction of sp³-hybridized carbons (Fsp3) is 0.182. The van der Waals surface area contributed by atoms with E-state index in [1.165, 1.54) is 25.2 Å². The lowest BCUT2D eigenvalue weighted by atomic mass is 10.1. The Balaban J connectivity index is 2.58. The van der Waals surface area contributed by atoms with Gasteiger partial charge >= 0.3 is 6.61 Å². The normalized spacial score (nSPS) is 11.0. The Morgan fingerprint density at radius 2 is 2.19 bits per heavy atom. The molecule has 112 valence electrons. The minimum Gasteiger partial charge on any atom is -0.416 e. The van der Waals surface area contributed by atoms with Gasteiger partial charge in [0.1, 0.15) is 15.2 Å². The number of alkyl halides is 2. The molecule has 2 rings (SSSR count). The van der Waals surface area contributed by atoms with Crippen LogP contribution in [0.15, 0.2) is 22.7 Å². The lowest BCUT2D eigenvalue weighted by Crippen LogP contribution is -2.06. The quantitative estimate of drug-likeness (QED) is 0.592. The Morgan fingerprint density at radius 3 is 2.76 bits per heavy atom. The number of nitro benzene ring substituents is 1. The molecule has 0 radical (unpaired) electrons. The Morgan fingerprint density at radius 1 is 1.52 bits per heavy atom. The van der Waals surface area contributed by atoms with E-state index in [9.17, 15) is 18.9 Å². The fourth-order valence-electron chi connectivity index (χ4n) is 1.71. The van der Waals surface area contributed by atoms with Gasteiger partial charge in [-0.15, -0.1) is 0 Å². The zero-order valence-corrected chi connectivity index (χ0v) is 12.7. The third-order valence-electron chi connectivity index (χ3n) is 2.57. The molecule has 0 spiro atoms. The zero-order chi connectivity index (χ0) is 15.7. The van der Waals surface area contributed by atoms with Crippen molar-refractivity contribution in [1.82, 2.24) is 9.78 Å². The molecule has 0 saturated heterocycles. The minimum atomic E-state index is -3.02. The van der Waals surface area contributed by atoms with Crippen LogP contribution in [0.4, 0.5) is 14.5 Å². The average Bonchev–Trinajstić information content (AvgIpc) is 2.66. The van der Waals surface area contributed by atoms with Crippen LogP contribution in [0.3, 0.4) is 0 Å². The van der Waals surface area contributed by atoms with Crippen molar-refractivity contribution >= 4 is 33.2 Å².